The number of carbonyl (C=O) groups excluding carboxylic acids is 1. The molecule has 0 fully saturated rings. The van der Waals surface area contributed by atoms with Gasteiger partial charge in [-0.25, -0.2) is 0 Å². The molecule has 8 heteroatoms. The van der Waals surface area contributed by atoms with E-state index in [0.29, 0.717) is 16.3 Å². The molecule has 1 aromatic rings. The van der Waals surface area contributed by atoms with E-state index in [1.165, 1.54) is 0 Å². The van der Waals surface area contributed by atoms with Crippen LogP contribution < -0.4 is 5.32 Å². The molecule has 0 heterocycles. The lowest BCUT2D eigenvalue weighted by Crippen LogP contribution is -2.31. The van der Waals surface area contributed by atoms with Gasteiger partial charge in [-0.2, -0.15) is 5.26 Å². The fourth-order valence-electron chi connectivity index (χ4n) is 1.81. The predicted octanol–water partition coefficient (Wildman–Crippen LogP) is 4.03. The SMILES string of the molecule is CC(C)(C)OC(=O)CC(CN=[N+]=[N-])Nc1ccc(C#N)c(Cl)c1. The molecule has 0 amide bonds. The number of hydrogen-bond donors (Lipinski definition) is 1. The highest BCUT2D eigenvalue weighted by Gasteiger charge is 2.20. The van der Waals surface area contributed by atoms with E-state index in [-0.39, 0.29) is 13.0 Å². The number of ether oxygens (including phenoxy) is 1. The van der Waals surface area contributed by atoms with Crippen LogP contribution in [0.4, 0.5) is 5.69 Å². The molecule has 0 saturated carbocycles. The molecule has 0 aliphatic heterocycles. The van der Waals surface area contributed by atoms with E-state index in [0.717, 1.165) is 0 Å². The molecular formula is C15H18ClN5O2. The van der Waals surface area contributed by atoms with E-state index in [4.69, 9.17) is 27.1 Å². The van der Waals surface area contributed by atoms with Gasteiger partial charge in [0.2, 0.25) is 0 Å². The van der Waals surface area contributed by atoms with Crippen LogP contribution in [0.3, 0.4) is 0 Å². The summed E-state index contributed by atoms with van der Waals surface area (Å²) in [6.45, 7) is 5.41. The number of anilines is 1. The summed E-state index contributed by atoms with van der Waals surface area (Å²) >= 11 is 5.97. The Hall–Kier alpha value is -2.42. The van der Waals surface area contributed by atoms with Gasteiger partial charge in [0.25, 0.3) is 0 Å². The zero-order valence-electron chi connectivity index (χ0n) is 13.2. The number of esters is 1. The van der Waals surface area contributed by atoms with E-state index in [1.54, 1.807) is 39.0 Å². The summed E-state index contributed by atoms with van der Waals surface area (Å²) in [5, 5.41) is 15.7. The van der Waals surface area contributed by atoms with E-state index < -0.39 is 17.6 Å². The lowest BCUT2D eigenvalue weighted by molar-refractivity contribution is -0.155. The highest BCUT2D eigenvalue weighted by atomic mass is 35.5. The molecule has 0 spiro atoms. The van der Waals surface area contributed by atoms with Crippen molar-refractivity contribution in [2.75, 3.05) is 11.9 Å². The van der Waals surface area contributed by atoms with E-state index in [9.17, 15) is 4.79 Å². The molecule has 0 bridgehead atoms. The van der Waals surface area contributed by atoms with E-state index in [2.05, 4.69) is 15.3 Å². The normalized spacial score (nSPS) is 11.8. The molecule has 23 heavy (non-hydrogen) atoms. The second-order valence-electron chi connectivity index (χ2n) is 5.85. The molecule has 1 rings (SSSR count). The monoisotopic (exact) mass is 335 g/mol. The first-order valence-corrected chi connectivity index (χ1v) is 7.32. The van der Waals surface area contributed by atoms with Crippen LogP contribution in [-0.4, -0.2) is 24.2 Å². The van der Waals surface area contributed by atoms with Gasteiger partial charge < -0.3 is 10.1 Å². The summed E-state index contributed by atoms with van der Waals surface area (Å²) in [6, 6.07) is 6.35. The molecule has 0 aliphatic rings. The van der Waals surface area contributed by atoms with Crippen molar-refractivity contribution >= 4 is 23.3 Å². The Balaban J connectivity index is 2.82. The smallest absolute Gasteiger partial charge is 0.308 e. The quantitative estimate of drug-likeness (QED) is 0.366. The van der Waals surface area contributed by atoms with E-state index >= 15 is 0 Å². The molecule has 0 saturated heterocycles. The average Bonchev–Trinajstić information content (AvgIpc) is 2.43. The number of carbonyl (C=O) groups is 1. The number of halogens is 1. The Morgan fingerprint density at radius 2 is 2.26 bits per heavy atom. The molecular weight excluding hydrogens is 318 g/mol. The van der Waals surface area contributed by atoms with Gasteiger partial charge in [-0.1, -0.05) is 16.7 Å². The van der Waals surface area contributed by atoms with E-state index in [1.807, 2.05) is 6.07 Å². The predicted molar refractivity (Wildman–Crippen MR) is 88.1 cm³/mol. The number of nitrogens with zero attached hydrogens (tertiary/aromatic N) is 4. The maximum absolute atomic E-state index is 11.9. The van der Waals surface area contributed by atoms with Crippen LogP contribution in [-0.2, 0) is 9.53 Å². The summed E-state index contributed by atoms with van der Waals surface area (Å²) in [4.78, 5) is 14.6. The molecule has 0 radical (unpaired) electrons. The third-order valence-electron chi connectivity index (χ3n) is 2.66. The second kappa shape index (κ2) is 8.28. The standard InChI is InChI=1S/C15H18ClN5O2/c1-15(2,3)23-14(22)7-12(9-19-21-18)20-11-5-4-10(8-17)13(16)6-11/h4-6,12,20H,7,9H2,1-3H3. The van der Waals surface area contributed by atoms with Crippen molar-refractivity contribution in [1.82, 2.24) is 0 Å². The first-order valence-electron chi connectivity index (χ1n) is 6.94. The molecule has 0 aliphatic carbocycles. The van der Waals surface area contributed by atoms with Crippen LogP contribution in [0, 0.1) is 11.3 Å². The third kappa shape index (κ3) is 6.92. The van der Waals surface area contributed by atoms with Crippen molar-refractivity contribution in [1.29, 1.82) is 5.26 Å². The Morgan fingerprint density at radius 1 is 1.57 bits per heavy atom. The molecule has 0 aromatic heterocycles. The molecule has 1 atom stereocenters. The molecule has 1 aromatic carbocycles. The summed E-state index contributed by atoms with van der Waals surface area (Å²) in [5.41, 5.74) is 8.86. The first-order chi connectivity index (χ1) is 10.7. The van der Waals surface area contributed by atoms with Crippen molar-refractivity contribution in [2.45, 2.75) is 38.8 Å². The molecule has 1 N–H and O–H groups in total. The number of azide groups is 1. The van der Waals surface area contributed by atoms with Crippen LogP contribution in [0.25, 0.3) is 10.4 Å². The third-order valence-corrected chi connectivity index (χ3v) is 2.97. The van der Waals surface area contributed by atoms with Crippen molar-refractivity contribution < 1.29 is 9.53 Å². The molecule has 1 unspecified atom stereocenters. The number of hydrogen-bond acceptors (Lipinski definition) is 5. The second-order valence-corrected chi connectivity index (χ2v) is 6.26. The first kappa shape index (κ1) is 18.6. The summed E-state index contributed by atoms with van der Waals surface area (Å²) in [7, 11) is 0. The van der Waals surface area contributed by atoms with Gasteiger partial charge in [0, 0.05) is 23.2 Å². The highest BCUT2D eigenvalue weighted by molar-refractivity contribution is 6.32. The van der Waals surface area contributed by atoms with Crippen LogP contribution in [0.5, 0.6) is 0 Å². The summed E-state index contributed by atoms with van der Waals surface area (Å²) in [5.74, 6) is -0.400. The largest absolute Gasteiger partial charge is 0.460 e. The van der Waals surface area contributed by atoms with Gasteiger partial charge in [-0.05, 0) is 44.5 Å². The zero-order chi connectivity index (χ0) is 17.5. The number of nitrogens with one attached hydrogen (secondary N) is 1. The summed E-state index contributed by atoms with van der Waals surface area (Å²) < 4.78 is 5.26. The van der Waals surface area contributed by atoms with Crippen LogP contribution in [0.15, 0.2) is 23.3 Å². The molecule has 7 nitrogen and oxygen atoms in total. The van der Waals surface area contributed by atoms with Crippen LogP contribution in [0.1, 0.15) is 32.8 Å². The fraction of sp³-hybridized carbons (Fsp3) is 0.467. The Kier molecular flexibility index (Phi) is 6.70. The lowest BCUT2D eigenvalue weighted by atomic mass is 10.1. The Morgan fingerprint density at radius 3 is 2.78 bits per heavy atom. The van der Waals surface area contributed by atoms with Crippen LogP contribution in [0.2, 0.25) is 5.02 Å². The fourth-order valence-corrected chi connectivity index (χ4v) is 2.03. The number of rotatable bonds is 6. The van der Waals surface area contributed by atoms with Gasteiger partial charge >= 0.3 is 5.97 Å². The minimum atomic E-state index is -0.585. The van der Waals surface area contributed by atoms with Crippen molar-refractivity contribution in [3.8, 4) is 6.07 Å². The minimum Gasteiger partial charge on any atom is -0.460 e. The van der Waals surface area contributed by atoms with Gasteiger partial charge in [0.15, 0.2) is 0 Å². The Bertz CT molecular complexity index is 657. The Labute approximate surface area is 139 Å². The average molecular weight is 336 g/mol. The van der Waals surface area contributed by atoms with Crippen molar-refractivity contribution in [2.24, 2.45) is 5.11 Å². The minimum absolute atomic E-state index is 0.0356. The van der Waals surface area contributed by atoms with Gasteiger partial charge in [-0.15, -0.1) is 0 Å². The van der Waals surface area contributed by atoms with Gasteiger partial charge in [0.05, 0.1) is 17.0 Å². The maximum Gasteiger partial charge on any atom is 0.308 e. The highest BCUT2D eigenvalue weighted by Crippen LogP contribution is 2.21. The topological polar surface area (TPSA) is 111 Å². The summed E-state index contributed by atoms with van der Waals surface area (Å²) in [6.07, 6.45) is 0.0356. The van der Waals surface area contributed by atoms with Gasteiger partial charge in [0.1, 0.15) is 11.7 Å². The maximum atomic E-state index is 11.9. The number of benzene rings is 1. The molecule has 122 valence electrons. The lowest BCUT2D eigenvalue weighted by Gasteiger charge is -2.22. The zero-order valence-corrected chi connectivity index (χ0v) is 14.0. The van der Waals surface area contributed by atoms with Gasteiger partial charge in [-0.3, -0.25) is 4.79 Å². The van der Waals surface area contributed by atoms with Crippen molar-refractivity contribution in [3.05, 3.63) is 39.2 Å². The van der Waals surface area contributed by atoms with Crippen molar-refractivity contribution in [3.63, 3.8) is 0 Å². The van der Waals surface area contributed by atoms with Crippen LogP contribution >= 0.6 is 11.6 Å². The number of nitriles is 1.